The van der Waals surface area contributed by atoms with Gasteiger partial charge in [-0.25, -0.2) is 0 Å². The van der Waals surface area contributed by atoms with Crippen molar-refractivity contribution in [1.82, 2.24) is 5.32 Å². The Hall–Kier alpha value is -1.93. The van der Waals surface area contributed by atoms with E-state index < -0.39 is 0 Å². The fourth-order valence-electron chi connectivity index (χ4n) is 2.72. The first-order valence-electron chi connectivity index (χ1n) is 8.19. The highest BCUT2D eigenvalue weighted by molar-refractivity contribution is 14.1. The number of amides is 2. The van der Waals surface area contributed by atoms with Crippen molar-refractivity contribution in [3.8, 4) is 0 Å². The van der Waals surface area contributed by atoms with Crippen LogP contribution in [0.4, 0.5) is 5.69 Å². The van der Waals surface area contributed by atoms with Crippen LogP contribution in [-0.2, 0) is 4.74 Å². The summed E-state index contributed by atoms with van der Waals surface area (Å²) in [5, 5.41) is 5.72. The number of anilines is 1. The summed E-state index contributed by atoms with van der Waals surface area (Å²) in [7, 11) is 0. The number of para-hydroxylation sites is 1. The molecule has 2 amide bonds. The molecule has 130 valence electrons. The van der Waals surface area contributed by atoms with E-state index in [-0.39, 0.29) is 17.9 Å². The van der Waals surface area contributed by atoms with Crippen LogP contribution >= 0.6 is 22.6 Å². The van der Waals surface area contributed by atoms with Gasteiger partial charge in [0.25, 0.3) is 11.8 Å². The third kappa shape index (κ3) is 4.79. The zero-order valence-corrected chi connectivity index (χ0v) is 15.8. The van der Waals surface area contributed by atoms with Crippen LogP contribution in [0.25, 0.3) is 0 Å². The maximum Gasteiger partial charge on any atom is 0.255 e. The Labute approximate surface area is 160 Å². The van der Waals surface area contributed by atoms with Crippen LogP contribution in [0.1, 0.15) is 33.6 Å². The van der Waals surface area contributed by atoms with E-state index in [0.29, 0.717) is 23.4 Å². The Kier molecular flexibility index (Phi) is 6.04. The molecule has 0 spiro atoms. The minimum atomic E-state index is -0.238. The van der Waals surface area contributed by atoms with Gasteiger partial charge in [-0.3, -0.25) is 9.59 Å². The highest BCUT2D eigenvalue weighted by atomic mass is 127. The first-order valence-corrected chi connectivity index (χ1v) is 9.27. The number of benzene rings is 2. The normalized spacial score (nSPS) is 16.4. The predicted octanol–water partition coefficient (Wildman–Crippen LogP) is 3.45. The summed E-state index contributed by atoms with van der Waals surface area (Å²) in [5.74, 6) is -0.452. The number of rotatable bonds is 5. The molecule has 1 saturated heterocycles. The van der Waals surface area contributed by atoms with Gasteiger partial charge in [0.15, 0.2) is 0 Å². The van der Waals surface area contributed by atoms with Crippen molar-refractivity contribution in [2.45, 2.75) is 18.9 Å². The fraction of sp³-hybridized carbons (Fsp3) is 0.263. The van der Waals surface area contributed by atoms with Crippen molar-refractivity contribution in [2.75, 3.05) is 18.5 Å². The largest absolute Gasteiger partial charge is 0.376 e. The molecule has 0 aliphatic carbocycles. The average molecular weight is 450 g/mol. The number of nitrogens with one attached hydrogen (secondary N) is 2. The van der Waals surface area contributed by atoms with Crippen molar-refractivity contribution in [3.63, 3.8) is 0 Å². The molecule has 1 fully saturated rings. The summed E-state index contributed by atoms with van der Waals surface area (Å²) < 4.78 is 6.50. The van der Waals surface area contributed by atoms with Gasteiger partial charge < -0.3 is 15.4 Å². The van der Waals surface area contributed by atoms with Crippen LogP contribution in [-0.4, -0.2) is 31.1 Å². The lowest BCUT2D eigenvalue weighted by Gasteiger charge is -2.14. The molecule has 3 rings (SSSR count). The van der Waals surface area contributed by atoms with E-state index in [1.54, 1.807) is 36.4 Å². The molecule has 1 atom stereocenters. The molecule has 25 heavy (non-hydrogen) atoms. The summed E-state index contributed by atoms with van der Waals surface area (Å²) in [6, 6.07) is 14.3. The lowest BCUT2D eigenvalue weighted by Crippen LogP contribution is -2.32. The molecule has 1 unspecified atom stereocenters. The monoisotopic (exact) mass is 450 g/mol. The zero-order valence-electron chi connectivity index (χ0n) is 13.6. The van der Waals surface area contributed by atoms with Gasteiger partial charge in [-0.15, -0.1) is 0 Å². The number of ether oxygens (including phenoxy) is 1. The minimum Gasteiger partial charge on any atom is -0.376 e. The number of carbonyl (C=O) groups excluding carboxylic acids is 2. The maximum atomic E-state index is 12.5. The standard InChI is InChI=1S/C19H19IN2O3/c20-14-6-3-5-13(11-14)18(23)22-17-9-2-1-8-16(17)19(24)21-12-15-7-4-10-25-15/h1-3,5-6,8-9,11,15H,4,7,10,12H2,(H,21,24)(H,22,23). The van der Waals surface area contributed by atoms with Gasteiger partial charge >= 0.3 is 0 Å². The number of hydrogen-bond donors (Lipinski definition) is 2. The molecule has 2 aromatic carbocycles. The molecule has 1 aliphatic heterocycles. The Morgan fingerprint density at radius 1 is 1.12 bits per heavy atom. The van der Waals surface area contributed by atoms with Crippen LogP contribution in [0.15, 0.2) is 48.5 Å². The lowest BCUT2D eigenvalue weighted by atomic mass is 10.1. The van der Waals surface area contributed by atoms with E-state index in [1.165, 1.54) is 0 Å². The van der Waals surface area contributed by atoms with E-state index in [9.17, 15) is 9.59 Å². The van der Waals surface area contributed by atoms with Crippen molar-refractivity contribution < 1.29 is 14.3 Å². The second kappa shape index (κ2) is 8.44. The van der Waals surface area contributed by atoms with Gasteiger partial charge in [0.05, 0.1) is 17.4 Å². The first kappa shape index (κ1) is 17.9. The van der Waals surface area contributed by atoms with Gasteiger partial charge in [-0.2, -0.15) is 0 Å². The number of carbonyl (C=O) groups is 2. The van der Waals surface area contributed by atoms with Crippen LogP contribution in [0.5, 0.6) is 0 Å². The lowest BCUT2D eigenvalue weighted by molar-refractivity contribution is 0.0858. The van der Waals surface area contributed by atoms with Gasteiger partial charge in [-0.05, 0) is 65.8 Å². The highest BCUT2D eigenvalue weighted by Crippen LogP contribution is 2.18. The molecule has 0 saturated carbocycles. The molecule has 2 aromatic rings. The third-order valence-corrected chi connectivity index (χ3v) is 4.69. The van der Waals surface area contributed by atoms with E-state index in [0.717, 1.165) is 23.0 Å². The summed E-state index contributed by atoms with van der Waals surface area (Å²) in [6.07, 6.45) is 2.08. The topological polar surface area (TPSA) is 67.4 Å². The molecule has 0 aromatic heterocycles. The smallest absolute Gasteiger partial charge is 0.255 e. The second-order valence-electron chi connectivity index (χ2n) is 5.86. The second-order valence-corrected chi connectivity index (χ2v) is 7.10. The molecule has 0 bridgehead atoms. The maximum absolute atomic E-state index is 12.5. The van der Waals surface area contributed by atoms with E-state index in [1.807, 2.05) is 12.1 Å². The van der Waals surface area contributed by atoms with Crippen LogP contribution in [0.3, 0.4) is 0 Å². The predicted molar refractivity (Wildman–Crippen MR) is 105 cm³/mol. The first-order chi connectivity index (χ1) is 12.1. The van der Waals surface area contributed by atoms with Crippen molar-refractivity contribution in [1.29, 1.82) is 0 Å². The molecule has 2 N–H and O–H groups in total. The molecular formula is C19H19IN2O3. The van der Waals surface area contributed by atoms with E-state index >= 15 is 0 Å². The van der Waals surface area contributed by atoms with Gasteiger partial charge in [-0.1, -0.05) is 18.2 Å². The van der Waals surface area contributed by atoms with Crippen molar-refractivity contribution >= 4 is 40.1 Å². The number of hydrogen-bond acceptors (Lipinski definition) is 3. The molecular weight excluding hydrogens is 431 g/mol. The highest BCUT2D eigenvalue weighted by Gasteiger charge is 2.18. The molecule has 6 heteroatoms. The zero-order chi connectivity index (χ0) is 17.6. The minimum absolute atomic E-state index is 0.0806. The molecule has 5 nitrogen and oxygen atoms in total. The number of halogens is 1. The summed E-state index contributed by atoms with van der Waals surface area (Å²) in [6.45, 7) is 1.24. The molecule has 0 radical (unpaired) electrons. The Morgan fingerprint density at radius 2 is 1.96 bits per heavy atom. The fourth-order valence-corrected chi connectivity index (χ4v) is 3.26. The van der Waals surface area contributed by atoms with Gasteiger partial charge in [0.2, 0.25) is 0 Å². The molecule has 1 aliphatic rings. The summed E-state index contributed by atoms with van der Waals surface area (Å²) in [5.41, 5.74) is 1.50. The quantitative estimate of drug-likeness (QED) is 0.686. The van der Waals surface area contributed by atoms with Gasteiger partial charge in [0.1, 0.15) is 0 Å². The third-order valence-electron chi connectivity index (χ3n) is 4.02. The van der Waals surface area contributed by atoms with Crippen LogP contribution in [0, 0.1) is 3.57 Å². The van der Waals surface area contributed by atoms with E-state index in [4.69, 9.17) is 4.74 Å². The Bertz CT molecular complexity index is 773. The van der Waals surface area contributed by atoms with Crippen molar-refractivity contribution in [3.05, 3.63) is 63.2 Å². The molecule has 1 heterocycles. The van der Waals surface area contributed by atoms with Crippen molar-refractivity contribution in [2.24, 2.45) is 0 Å². The SMILES string of the molecule is O=C(Nc1ccccc1C(=O)NCC1CCCO1)c1cccc(I)c1. The summed E-state index contributed by atoms with van der Waals surface area (Å²) in [4.78, 5) is 24.9. The van der Waals surface area contributed by atoms with E-state index in [2.05, 4.69) is 33.2 Å². The van der Waals surface area contributed by atoms with Crippen LogP contribution < -0.4 is 10.6 Å². The Morgan fingerprint density at radius 3 is 2.72 bits per heavy atom. The Balaban J connectivity index is 1.69. The summed E-state index contributed by atoms with van der Waals surface area (Å²) >= 11 is 2.16. The van der Waals surface area contributed by atoms with Crippen LogP contribution in [0.2, 0.25) is 0 Å². The average Bonchev–Trinajstić information content (AvgIpc) is 3.13. The van der Waals surface area contributed by atoms with Gasteiger partial charge in [0, 0.05) is 22.3 Å².